The number of carbonyl (C=O) groups excluding carboxylic acids is 1. The summed E-state index contributed by atoms with van der Waals surface area (Å²) in [6, 6.07) is 12.8. The van der Waals surface area contributed by atoms with Crippen molar-refractivity contribution in [2.45, 2.75) is 0 Å². The summed E-state index contributed by atoms with van der Waals surface area (Å²) in [7, 11) is 4.67. The minimum absolute atomic E-state index is 0.119. The van der Waals surface area contributed by atoms with Gasteiger partial charge in [0.05, 0.1) is 38.1 Å². The molecule has 1 amide bonds. The first-order valence-electron chi connectivity index (χ1n) is 10.2. The predicted molar refractivity (Wildman–Crippen MR) is 126 cm³/mol. The van der Waals surface area contributed by atoms with Crippen molar-refractivity contribution in [3.05, 3.63) is 53.6 Å². The van der Waals surface area contributed by atoms with Crippen LogP contribution in [0.5, 0.6) is 11.5 Å². The van der Waals surface area contributed by atoms with E-state index in [2.05, 4.69) is 20.4 Å². The normalized spacial score (nSPS) is 11.4. The summed E-state index contributed by atoms with van der Waals surface area (Å²) >= 11 is 0. The van der Waals surface area contributed by atoms with E-state index in [1.165, 1.54) is 4.68 Å². The van der Waals surface area contributed by atoms with Gasteiger partial charge in [-0.1, -0.05) is 18.2 Å². The molecule has 2 aromatic carbocycles. The fraction of sp³-hybridized carbons (Fsp3) is 0.217. The van der Waals surface area contributed by atoms with Crippen LogP contribution in [0.15, 0.2) is 47.6 Å². The molecular weight excluding hydrogens is 424 g/mol. The number of nitrogens with two attached hydrogens (primary N) is 1. The van der Waals surface area contributed by atoms with E-state index >= 15 is 0 Å². The molecule has 170 valence electrons. The largest absolute Gasteiger partial charge is 0.493 e. The molecule has 0 bridgehead atoms. The zero-order valence-electron chi connectivity index (χ0n) is 18.5. The molecule has 0 aliphatic rings. The summed E-state index contributed by atoms with van der Waals surface area (Å²) in [4.78, 5) is 22.3. The number of aromatic nitrogens is 3. The minimum Gasteiger partial charge on any atom is -0.493 e. The molecule has 3 N–H and O–H groups in total. The van der Waals surface area contributed by atoms with Crippen molar-refractivity contribution in [2.24, 2.45) is 5.10 Å². The van der Waals surface area contributed by atoms with Gasteiger partial charge < -0.3 is 25.3 Å². The van der Waals surface area contributed by atoms with Gasteiger partial charge >= 0.3 is 0 Å². The molecule has 0 fully saturated rings. The lowest BCUT2D eigenvalue weighted by Crippen LogP contribution is -2.27. The number of hydrogen-bond acceptors (Lipinski definition) is 8. The molecule has 2 aromatic heterocycles. The van der Waals surface area contributed by atoms with Crippen molar-refractivity contribution in [3.8, 4) is 11.5 Å². The van der Waals surface area contributed by atoms with E-state index in [0.29, 0.717) is 52.4 Å². The molecule has 0 saturated carbocycles. The molecule has 0 radical (unpaired) electrons. The SMILES string of the molecule is COCCNC(=O)c1c(N)n(/N=C\c2cccc(OC)c2OC)c2nc3ccccc3nc12. The summed E-state index contributed by atoms with van der Waals surface area (Å²) in [6.45, 7) is 0.694. The third kappa shape index (κ3) is 4.15. The molecule has 4 rings (SSSR count). The highest BCUT2D eigenvalue weighted by atomic mass is 16.5. The molecule has 0 aliphatic heterocycles. The molecule has 0 saturated heterocycles. The Bertz CT molecular complexity index is 1350. The highest BCUT2D eigenvalue weighted by molar-refractivity contribution is 6.10. The number of para-hydroxylation sites is 3. The molecule has 10 heteroatoms. The number of methoxy groups -OCH3 is 3. The molecule has 4 aromatic rings. The molecule has 0 unspecified atom stereocenters. The minimum atomic E-state index is -0.382. The van der Waals surface area contributed by atoms with Crippen LogP contribution in [0.3, 0.4) is 0 Å². The van der Waals surface area contributed by atoms with E-state index < -0.39 is 0 Å². The Balaban J connectivity index is 1.87. The van der Waals surface area contributed by atoms with E-state index in [4.69, 9.17) is 19.9 Å². The van der Waals surface area contributed by atoms with Crippen LogP contribution in [-0.4, -0.2) is 61.2 Å². The molecular formula is C23H24N6O4. The van der Waals surface area contributed by atoms with Crippen molar-refractivity contribution in [2.75, 3.05) is 40.2 Å². The average molecular weight is 448 g/mol. The number of rotatable bonds is 8. The summed E-state index contributed by atoms with van der Waals surface area (Å²) in [6.07, 6.45) is 1.57. The summed E-state index contributed by atoms with van der Waals surface area (Å²) in [5.41, 5.74) is 9.28. The first kappa shape index (κ1) is 22.0. The van der Waals surface area contributed by atoms with Crippen molar-refractivity contribution >= 4 is 40.1 Å². The topological polar surface area (TPSA) is 126 Å². The highest BCUT2D eigenvalue weighted by Gasteiger charge is 2.24. The van der Waals surface area contributed by atoms with Gasteiger partial charge in [0.2, 0.25) is 0 Å². The number of hydrogen-bond donors (Lipinski definition) is 2. The monoisotopic (exact) mass is 448 g/mol. The van der Waals surface area contributed by atoms with Gasteiger partial charge in [0, 0.05) is 19.2 Å². The van der Waals surface area contributed by atoms with Gasteiger partial charge in [-0.25, -0.2) is 9.97 Å². The van der Waals surface area contributed by atoms with Crippen LogP contribution < -0.4 is 20.5 Å². The second-order valence-corrected chi connectivity index (χ2v) is 7.03. The van der Waals surface area contributed by atoms with Gasteiger partial charge in [0.15, 0.2) is 17.1 Å². The molecule has 0 spiro atoms. The zero-order chi connectivity index (χ0) is 23.4. The van der Waals surface area contributed by atoms with Crippen LogP contribution in [0.25, 0.3) is 22.2 Å². The van der Waals surface area contributed by atoms with Gasteiger partial charge in [0.25, 0.3) is 5.91 Å². The summed E-state index contributed by atoms with van der Waals surface area (Å²) < 4.78 is 17.2. The molecule has 10 nitrogen and oxygen atoms in total. The van der Waals surface area contributed by atoms with Gasteiger partial charge in [-0.05, 0) is 24.3 Å². The Hall–Kier alpha value is -4.18. The number of nitrogens with zero attached hydrogens (tertiary/aromatic N) is 4. The van der Waals surface area contributed by atoms with E-state index in [1.807, 2.05) is 36.4 Å². The Morgan fingerprint density at radius 1 is 1.09 bits per heavy atom. The number of fused-ring (bicyclic) bond motifs is 2. The van der Waals surface area contributed by atoms with Gasteiger partial charge in [-0.15, -0.1) is 0 Å². The molecule has 2 heterocycles. The van der Waals surface area contributed by atoms with Crippen LogP contribution in [0.2, 0.25) is 0 Å². The van der Waals surface area contributed by atoms with E-state index in [-0.39, 0.29) is 17.3 Å². The lowest BCUT2D eigenvalue weighted by molar-refractivity contribution is 0.0939. The number of benzene rings is 2. The number of amides is 1. The van der Waals surface area contributed by atoms with E-state index in [1.54, 1.807) is 33.6 Å². The molecule has 0 aliphatic carbocycles. The second-order valence-electron chi connectivity index (χ2n) is 7.03. The maximum atomic E-state index is 12.9. The molecule has 0 atom stereocenters. The first-order chi connectivity index (χ1) is 16.1. The van der Waals surface area contributed by atoms with Crippen LogP contribution >= 0.6 is 0 Å². The quantitative estimate of drug-likeness (QED) is 0.313. The van der Waals surface area contributed by atoms with E-state index in [9.17, 15) is 4.79 Å². The molecule has 33 heavy (non-hydrogen) atoms. The Kier molecular flexibility index (Phi) is 6.36. The lowest BCUT2D eigenvalue weighted by atomic mass is 10.2. The number of ether oxygens (including phenoxy) is 3. The fourth-order valence-electron chi connectivity index (χ4n) is 3.48. The van der Waals surface area contributed by atoms with Crippen molar-refractivity contribution < 1.29 is 19.0 Å². The number of anilines is 1. The predicted octanol–water partition coefficient (Wildman–Crippen LogP) is 2.44. The van der Waals surface area contributed by atoms with Crippen molar-refractivity contribution in [1.29, 1.82) is 0 Å². The van der Waals surface area contributed by atoms with Crippen molar-refractivity contribution in [3.63, 3.8) is 0 Å². The Morgan fingerprint density at radius 3 is 2.55 bits per heavy atom. The standard InChI is InChI=1S/C23H24N6O4/c1-31-12-11-25-23(30)18-19-22(28-16-9-5-4-8-15(16)27-19)29(21(18)24)26-13-14-7-6-10-17(32-2)20(14)33-3/h4-10,13H,11-12,24H2,1-3H3,(H,25,30)/b26-13-. The maximum absolute atomic E-state index is 12.9. The van der Waals surface area contributed by atoms with Crippen molar-refractivity contribution in [1.82, 2.24) is 20.0 Å². The Morgan fingerprint density at radius 2 is 1.85 bits per heavy atom. The van der Waals surface area contributed by atoms with E-state index in [0.717, 1.165) is 0 Å². The maximum Gasteiger partial charge on any atom is 0.257 e. The van der Waals surface area contributed by atoms with Crippen LogP contribution in [-0.2, 0) is 4.74 Å². The number of carbonyl (C=O) groups is 1. The van der Waals surface area contributed by atoms with Crippen LogP contribution in [0.4, 0.5) is 5.82 Å². The first-order valence-corrected chi connectivity index (χ1v) is 10.2. The van der Waals surface area contributed by atoms with Gasteiger partial charge in [0.1, 0.15) is 16.9 Å². The zero-order valence-corrected chi connectivity index (χ0v) is 18.5. The fourth-order valence-corrected chi connectivity index (χ4v) is 3.48. The third-order valence-corrected chi connectivity index (χ3v) is 5.04. The van der Waals surface area contributed by atoms with Gasteiger partial charge in [-0.2, -0.15) is 9.78 Å². The van der Waals surface area contributed by atoms with Crippen LogP contribution in [0, 0.1) is 0 Å². The van der Waals surface area contributed by atoms with Crippen LogP contribution in [0.1, 0.15) is 15.9 Å². The highest BCUT2D eigenvalue weighted by Crippen LogP contribution is 2.31. The second kappa shape index (κ2) is 9.53. The summed E-state index contributed by atoms with van der Waals surface area (Å²) in [5.74, 6) is 0.823. The van der Waals surface area contributed by atoms with Gasteiger partial charge in [-0.3, -0.25) is 4.79 Å². The average Bonchev–Trinajstić information content (AvgIpc) is 3.10. The number of nitrogen functional groups attached to an aromatic ring is 1. The smallest absolute Gasteiger partial charge is 0.257 e. The summed E-state index contributed by atoms with van der Waals surface area (Å²) in [5, 5.41) is 7.31. The number of nitrogens with one attached hydrogen (secondary N) is 1. The Labute approximate surface area is 190 Å². The third-order valence-electron chi connectivity index (χ3n) is 5.04. The lowest BCUT2D eigenvalue weighted by Gasteiger charge is -2.09.